The molecule has 1 N–H and O–H groups in total. The van der Waals surface area contributed by atoms with E-state index in [2.05, 4.69) is 23.7 Å². The Hall–Kier alpha value is -0.340. The van der Waals surface area contributed by atoms with Crippen LogP contribution in [-0.2, 0) is 0 Å². The predicted molar refractivity (Wildman–Crippen MR) is 60.4 cm³/mol. The molecule has 1 aliphatic carbocycles. The zero-order valence-corrected chi connectivity index (χ0v) is 9.26. The van der Waals surface area contributed by atoms with Gasteiger partial charge in [0, 0.05) is 19.1 Å². The van der Waals surface area contributed by atoms with Crippen LogP contribution in [0.5, 0.6) is 0 Å². The van der Waals surface area contributed by atoms with E-state index in [9.17, 15) is 0 Å². The van der Waals surface area contributed by atoms with Crippen LogP contribution in [0.15, 0.2) is 12.2 Å². The summed E-state index contributed by atoms with van der Waals surface area (Å²) in [4.78, 5) is 2.56. The highest BCUT2D eigenvalue weighted by molar-refractivity contribution is 4.96. The van der Waals surface area contributed by atoms with Gasteiger partial charge in [0.1, 0.15) is 0 Å². The maximum absolute atomic E-state index is 4.00. The van der Waals surface area contributed by atoms with Crippen molar-refractivity contribution >= 4 is 0 Å². The van der Waals surface area contributed by atoms with Crippen LogP contribution in [0.3, 0.4) is 0 Å². The van der Waals surface area contributed by atoms with Crippen molar-refractivity contribution in [3.05, 3.63) is 12.2 Å². The third kappa shape index (κ3) is 2.82. The van der Waals surface area contributed by atoms with Crippen molar-refractivity contribution < 1.29 is 0 Å². The molecule has 0 aromatic rings. The fourth-order valence-electron chi connectivity index (χ4n) is 2.36. The minimum absolute atomic E-state index is 0.761. The first-order valence-electron chi connectivity index (χ1n) is 5.86. The van der Waals surface area contributed by atoms with Crippen LogP contribution in [0.4, 0.5) is 0 Å². The van der Waals surface area contributed by atoms with Gasteiger partial charge in [-0.2, -0.15) is 0 Å². The molecule has 2 rings (SSSR count). The molecule has 0 amide bonds. The normalized spacial score (nSPS) is 29.9. The average Bonchev–Trinajstić information content (AvgIpc) is 2.86. The Labute approximate surface area is 87.4 Å². The van der Waals surface area contributed by atoms with Gasteiger partial charge in [0.25, 0.3) is 0 Å². The maximum Gasteiger partial charge on any atom is 0.0223 e. The van der Waals surface area contributed by atoms with Gasteiger partial charge in [-0.15, -0.1) is 0 Å². The Morgan fingerprint density at radius 1 is 1.50 bits per heavy atom. The van der Waals surface area contributed by atoms with Crippen LogP contribution < -0.4 is 5.32 Å². The molecule has 2 heteroatoms. The van der Waals surface area contributed by atoms with Crippen molar-refractivity contribution in [1.82, 2.24) is 10.2 Å². The van der Waals surface area contributed by atoms with Crippen LogP contribution in [0, 0.1) is 5.92 Å². The number of hydrogen-bond donors (Lipinski definition) is 1. The quantitative estimate of drug-likeness (QED) is 0.687. The Kier molecular flexibility index (Phi) is 3.24. The zero-order chi connectivity index (χ0) is 9.97. The molecule has 2 aliphatic rings. The highest BCUT2D eigenvalue weighted by Gasteiger charge is 2.32. The number of nitrogens with one attached hydrogen (secondary N) is 1. The third-order valence-corrected chi connectivity index (χ3v) is 3.20. The summed E-state index contributed by atoms with van der Waals surface area (Å²) in [6.45, 7) is 10.9. The second-order valence-electron chi connectivity index (χ2n) is 4.94. The smallest absolute Gasteiger partial charge is 0.0223 e. The molecule has 0 bridgehead atoms. The van der Waals surface area contributed by atoms with E-state index in [0.29, 0.717) is 0 Å². The van der Waals surface area contributed by atoms with Crippen molar-refractivity contribution in [3.8, 4) is 0 Å². The lowest BCUT2D eigenvalue weighted by molar-refractivity contribution is 0.278. The summed E-state index contributed by atoms with van der Waals surface area (Å²) >= 11 is 0. The molecule has 2 fully saturated rings. The van der Waals surface area contributed by atoms with E-state index in [-0.39, 0.29) is 0 Å². The van der Waals surface area contributed by atoms with Crippen molar-refractivity contribution in [2.75, 3.05) is 26.2 Å². The van der Waals surface area contributed by atoms with Gasteiger partial charge in [-0.3, -0.25) is 4.90 Å². The first-order valence-corrected chi connectivity index (χ1v) is 5.86. The summed E-state index contributed by atoms with van der Waals surface area (Å²) in [5.41, 5.74) is 1.29. The molecule has 1 unspecified atom stereocenters. The van der Waals surface area contributed by atoms with E-state index in [1.807, 2.05) is 0 Å². The van der Waals surface area contributed by atoms with Gasteiger partial charge in [0.05, 0.1) is 0 Å². The SMILES string of the molecule is C=C(C)CN1CCCNC(C2CC2)C1. The second-order valence-corrected chi connectivity index (χ2v) is 4.94. The molecular formula is C12H22N2. The summed E-state index contributed by atoms with van der Waals surface area (Å²) in [7, 11) is 0. The van der Waals surface area contributed by atoms with E-state index < -0.39 is 0 Å². The summed E-state index contributed by atoms with van der Waals surface area (Å²) < 4.78 is 0. The minimum atomic E-state index is 0.761. The fourth-order valence-corrected chi connectivity index (χ4v) is 2.36. The lowest BCUT2D eigenvalue weighted by Crippen LogP contribution is -2.39. The fraction of sp³-hybridized carbons (Fsp3) is 0.833. The highest BCUT2D eigenvalue weighted by Crippen LogP contribution is 2.33. The minimum Gasteiger partial charge on any atom is -0.312 e. The molecule has 1 saturated carbocycles. The molecule has 0 aromatic heterocycles. The first-order chi connectivity index (χ1) is 6.75. The zero-order valence-electron chi connectivity index (χ0n) is 9.26. The van der Waals surface area contributed by atoms with Crippen molar-refractivity contribution in [3.63, 3.8) is 0 Å². The molecule has 1 saturated heterocycles. The molecule has 1 aliphatic heterocycles. The number of hydrogen-bond acceptors (Lipinski definition) is 2. The van der Waals surface area contributed by atoms with E-state index in [0.717, 1.165) is 18.5 Å². The monoisotopic (exact) mass is 194 g/mol. The average molecular weight is 194 g/mol. The third-order valence-electron chi connectivity index (χ3n) is 3.20. The lowest BCUT2D eigenvalue weighted by Gasteiger charge is -2.24. The Bertz CT molecular complexity index is 208. The molecule has 0 aromatic carbocycles. The highest BCUT2D eigenvalue weighted by atomic mass is 15.2. The van der Waals surface area contributed by atoms with Gasteiger partial charge in [-0.25, -0.2) is 0 Å². The van der Waals surface area contributed by atoms with Gasteiger partial charge in [-0.1, -0.05) is 12.2 Å². The van der Waals surface area contributed by atoms with Crippen molar-refractivity contribution in [2.24, 2.45) is 5.92 Å². The van der Waals surface area contributed by atoms with Crippen LogP contribution in [-0.4, -0.2) is 37.1 Å². The van der Waals surface area contributed by atoms with E-state index in [4.69, 9.17) is 0 Å². The number of nitrogens with zero attached hydrogens (tertiary/aromatic N) is 1. The summed E-state index contributed by atoms with van der Waals surface area (Å²) in [6, 6.07) is 0.761. The van der Waals surface area contributed by atoms with E-state index >= 15 is 0 Å². The van der Waals surface area contributed by atoms with Gasteiger partial charge in [0.15, 0.2) is 0 Å². The van der Waals surface area contributed by atoms with Crippen LogP contribution in [0.25, 0.3) is 0 Å². The molecule has 1 heterocycles. The predicted octanol–water partition coefficient (Wildman–Crippen LogP) is 1.64. The molecule has 2 nitrogen and oxygen atoms in total. The Balaban J connectivity index is 1.86. The van der Waals surface area contributed by atoms with Crippen molar-refractivity contribution in [2.45, 2.75) is 32.2 Å². The van der Waals surface area contributed by atoms with Gasteiger partial charge in [0.2, 0.25) is 0 Å². The van der Waals surface area contributed by atoms with Crippen LogP contribution in [0.2, 0.25) is 0 Å². The standard InChI is InChI=1S/C12H22N2/c1-10(2)8-14-7-3-6-13-12(9-14)11-4-5-11/h11-13H,1,3-9H2,2H3. The second kappa shape index (κ2) is 4.45. The van der Waals surface area contributed by atoms with Gasteiger partial charge in [-0.05, 0) is 45.2 Å². The van der Waals surface area contributed by atoms with Gasteiger partial charge < -0.3 is 5.32 Å². The summed E-state index contributed by atoms with van der Waals surface area (Å²) in [5, 5.41) is 3.68. The van der Waals surface area contributed by atoms with Crippen LogP contribution in [0.1, 0.15) is 26.2 Å². The Morgan fingerprint density at radius 2 is 2.29 bits per heavy atom. The molecule has 0 radical (unpaired) electrons. The summed E-state index contributed by atoms with van der Waals surface area (Å²) in [5.74, 6) is 0.973. The molecule has 14 heavy (non-hydrogen) atoms. The molecular weight excluding hydrogens is 172 g/mol. The van der Waals surface area contributed by atoms with Gasteiger partial charge >= 0.3 is 0 Å². The maximum atomic E-state index is 4.00. The largest absolute Gasteiger partial charge is 0.312 e. The topological polar surface area (TPSA) is 15.3 Å². The Morgan fingerprint density at radius 3 is 2.93 bits per heavy atom. The van der Waals surface area contributed by atoms with E-state index in [1.165, 1.54) is 44.5 Å². The molecule has 0 spiro atoms. The van der Waals surface area contributed by atoms with Crippen molar-refractivity contribution in [1.29, 1.82) is 0 Å². The molecule has 80 valence electrons. The van der Waals surface area contributed by atoms with E-state index in [1.54, 1.807) is 0 Å². The molecule has 1 atom stereocenters. The van der Waals surface area contributed by atoms with Crippen LogP contribution >= 0.6 is 0 Å². The lowest BCUT2D eigenvalue weighted by atomic mass is 10.1. The number of rotatable bonds is 3. The first kappa shape index (κ1) is 10.2. The summed E-state index contributed by atoms with van der Waals surface area (Å²) in [6.07, 6.45) is 4.17.